The Morgan fingerprint density at radius 2 is 2.24 bits per heavy atom. The zero-order chi connectivity index (χ0) is 15.8. The quantitative estimate of drug-likeness (QED) is 0.367. The highest BCUT2D eigenvalue weighted by Crippen LogP contribution is 2.40. The molecule has 0 aromatic carbocycles. The number of nitrogens with zero attached hydrogens (tertiary/aromatic N) is 2. The summed E-state index contributed by atoms with van der Waals surface area (Å²) >= 11 is 0. The van der Waals surface area contributed by atoms with Crippen LogP contribution in [0.25, 0.3) is 0 Å². The molecule has 0 spiro atoms. The molecule has 1 aliphatic rings. The second-order valence-electron chi connectivity index (χ2n) is 4.40. The summed E-state index contributed by atoms with van der Waals surface area (Å²) in [6, 6.07) is 1.20. The maximum atomic E-state index is 11.8. The van der Waals surface area contributed by atoms with Gasteiger partial charge in [-0.2, -0.15) is 4.98 Å². The van der Waals surface area contributed by atoms with Crippen LogP contribution in [-0.4, -0.2) is 54.7 Å². The number of anilines is 1. The molecule has 2 heterocycles. The lowest BCUT2D eigenvalue weighted by Crippen LogP contribution is -2.52. The smallest absolute Gasteiger partial charge is 0.353 e. The minimum absolute atomic E-state index is 0.102. The summed E-state index contributed by atoms with van der Waals surface area (Å²) in [7, 11) is -4.61. The summed E-state index contributed by atoms with van der Waals surface area (Å²) in [5.41, 5.74) is 4.35. The molecule has 0 bridgehead atoms. The van der Waals surface area contributed by atoms with Crippen LogP contribution in [0.1, 0.15) is 0 Å². The molecule has 0 radical (unpaired) electrons. The first-order valence-electron chi connectivity index (χ1n) is 5.70. The number of aromatic nitrogens is 2. The minimum atomic E-state index is -4.61. The van der Waals surface area contributed by atoms with Crippen LogP contribution < -0.4 is 11.4 Å². The first-order valence-corrected chi connectivity index (χ1v) is 7.50. The van der Waals surface area contributed by atoms with E-state index < -0.39 is 44.4 Å². The van der Waals surface area contributed by atoms with Crippen molar-refractivity contribution in [3.63, 3.8) is 0 Å². The fraction of sp³-hybridized carbons (Fsp3) is 0.556. The predicted molar refractivity (Wildman–Crippen MR) is 66.8 cm³/mol. The van der Waals surface area contributed by atoms with Crippen molar-refractivity contribution in [3.8, 4) is 0 Å². The average molecular weight is 323 g/mol. The van der Waals surface area contributed by atoms with Crippen LogP contribution in [0.3, 0.4) is 0 Å². The van der Waals surface area contributed by atoms with Gasteiger partial charge in [0.2, 0.25) is 0 Å². The highest BCUT2D eigenvalue weighted by Gasteiger charge is 2.53. The fourth-order valence-electron chi connectivity index (χ4n) is 1.86. The van der Waals surface area contributed by atoms with Crippen molar-refractivity contribution in [1.82, 2.24) is 9.55 Å². The molecule has 1 aliphatic heterocycles. The number of nitrogens with two attached hydrogens (primary N) is 1. The van der Waals surface area contributed by atoms with Gasteiger partial charge in [0.05, 0.1) is 6.61 Å². The van der Waals surface area contributed by atoms with Crippen LogP contribution >= 0.6 is 7.60 Å². The summed E-state index contributed by atoms with van der Waals surface area (Å²) < 4.78 is 21.6. The van der Waals surface area contributed by atoms with Crippen LogP contribution in [0.5, 0.6) is 0 Å². The second kappa shape index (κ2) is 5.46. The van der Waals surface area contributed by atoms with Gasteiger partial charge in [-0.1, -0.05) is 0 Å². The van der Waals surface area contributed by atoms with Crippen LogP contribution in [-0.2, 0) is 19.9 Å². The Labute approximate surface area is 117 Å². The van der Waals surface area contributed by atoms with Crippen LogP contribution in [0.4, 0.5) is 5.82 Å². The molecule has 2 rings (SSSR count). The highest BCUT2D eigenvalue weighted by atomic mass is 31.2. The third kappa shape index (κ3) is 3.14. The van der Waals surface area contributed by atoms with E-state index in [1.807, 2.05) is 0 Å². The zero-order valence-corrected chi connectivity index (χ0v) is 11.5. The monoisotopic (exact) mass is 323 g/mol. The number of ether oxygens (including phenoxy) is 2. The molecule has 118 valence electrons. The molecule has 1 saturated heterocycles. The molecular weight excluding hydrogens is 309 g/mol. The summed E-state index contributed by atoms with van der Waals surface area (Å²) in [6.07, 6.45) is -3.22. The first kappa shape index (κ1) is 16.0. The number of aliphatic hydroxyl groups is 2. The van der Waals surface area contributed by atoms with Crippen molar-refractivity contribution >= 4 is 13.4 Å². The van der Waals surface area contributed by atoms with Gasteiger partial charge in [-0.3, -0.25) is 4.57 Å². The van der Waals surface area contributed by atoms with Crippen LogP contribution in [0.2, 0.25) is 0 Å². The van der Waals surface area contributed by atoms with Gasteiger partial charge in [-0.25, -0.2) is 9.36 Å². The van der Waals surface area contributed by atoms with E-state index in [1.54, 1.807) is 0 Å². The van der Waals surface area contributed by atoms with Gasteiger partial charge in [0, 0.05) is 6.20 Å². The molecule has 1 aromatic rings. The molecule has 21 heavy (non-hydrogen) atoms. The van der Waals surface area contributed by atoms with E-state index in [2.05, 4.69) is 4.98 Å². The number of nitrogen functional groups attached to an aromatic ring is 1. The number of hydrogen-bond donors (Lipinski definition) is 5. The Balaban J connectivity index is 2.46. The second-order valence-corrected chi connectivity index (χ2v) is 5.98. The van der Waals surface area contributed by atoms with Gasteiger partial charge in [-0.05, 0) is 6.07 Å². The van der Waals surface area contributed by atoms with E-state index in [9.17, 15) is 19.6 Å². The van der Waals surface area contributed by atoms with Crippen molar-refractivity contribution in [3.05, 3.63) is 22.7 Å². The Morgan fingerprint density at radius 3 is 2.71 bits per heavy atom. The van der Waals surface area contributed by atoms with Gasteiger partial charge in [0.15, 0.2) is 12.5 Å². The third-order valence-electron chi connectivity index (χ3n) is 2.80. The standard InChI is InChI=1S/C9H14N3O8P/c10-6-1-2-12(8(15)11-6)9(20-4-21(16,17)18)7(14)5(13)3-19-9/h1-2,5,7,13-14H,3-4H2,(H2,10,11,15)(H2,16,17,18)/t5-,7-,9+/m1/s1. The Hall–Kier alpha value is -1.33. The minimum Gasteiger partial charge on any atom is -0.388 e. The van der Waals surface area contributed by atoms with E-state index in [1.165, 1.54) is 6.07 Å². The largest absolute Gasteiger partial charge is 0.388 e. The van der Waals surface area contributed by atoms with Gasteiger partial charge < -0.3 is 35.2 Å². The van der Waals surface area contributed by atoms with Gasteiger partial charge in [-0.15, -0.1) is 0 Å². The fourth-order valence-corrected chi connectivity index (χ4v) is 2.22. The molecule has 3 atom stereocenters. The van der Waals surface area contributed by atoms with E-state index in [0.29, 0.717) is 4.57 Å². The lowest BCUT2D eigenvalue weighted by atomic mass is 10.2. The van der Waals surface area contributed by atoms with Crippen molar-refractivity contribution in [1.29, 1.82) is 0 Å². The molecule has 1 fully saturated rings. The van der Waals surface area contributed by atoms with Gasteiger partial charge >= 0.3 is 13.3 Å². The molecule has 0 unspecified atom stereocenters. The Morgan fingerprint density at radius 1 is 1.57 bits per heavy atom. The van der Waals surface area contributed by atoms with E-state index >= 15 is 0 Å². The van der Waals surface area contributed by atoms with Gasteiger partial charge in [0.25, 0.3) is 5.91 Å². The molecule has 0 saturated carbocycles. The van der Waals surface area contributed by atoms with Crippen molar-refractivity contribution in [2.24, 2.45) is 0 Å². The van der Waals surface area contributed by atoms with Crippen molar-refractivity contribution in [2.45, 2.75) is 18.1 Å². The van der Waals surface area contributed by atoms with Crippen molar-refractivity contribution in [2.75, 3.05) is 18.7 Å². The zero-order valence-electron chi connectivity index (χ0n) is 10.6. The first-order chi connectivity index (χ1) is 9.66. The Kier molecular flexibility index (Phi) is 4.17. The molecule has 1 aromatic heterocycles. The lowest BCUT2D eigenvalue weighted by Gasteiger charge is -2.32. The molecule has 6 N–H and O–H groups in total. The summed E-state index contributed by atoms with van der Waals surface area (Å²) in [6.45, 7) is -0.404. The topological polar surface area (TPSA) is 177 Å². The Bertz CT molecular complexity index is 630. The molecule has 12 heteroatoms. The number of rotatable bonds is 4. The molecule has 11 nitrogen and oxygen atoms in total. The van der Waals surface area contributed by atoms with Crippen LogP contribution in [0, 0.1) is 0 Å². The van der Waals surface area contributed by atoms with E-state index in [4.69, 9.17) is 25.0 Å². The highest BCUT2D eigenvalue weighted by molar-refractivity contribution is 7.51. The summed E-state index contributed by atoms with van der Waals surface area (Å²) in [4.78, 5) is 33.0. The summed E-state index contributed by atoms with van der Waals surface area (Å²) in [5.74, 6) is -2.40. The predicted octanol–water partition coefficient (Wildman–Crippen LogP) is -2.66. The number of hydrogen-bond acceptors (Lipinski definition) is 8. The molecule has 0 amide bonds. The maximum Gasteiger partial charge on any atom is 0.353 e. The third-order valence-corrected chi connectivity index (χ3v) is 3.27. The van der Waals surface area contributed by atoms with Crippen LogP contribution in [0.15, 0.2) is 17.1 Å². The average Bonchev–Trinajstić information content (AvgIpc) is 2.65. The lowest BCUT2D eigenvalue weighted by molar-refractivity contribution is -0.300. The van der Waals surface area contributed by atoms with Gasteiger partial charge in [0.1, 0.15) is 11.9 Å². The maximum absolute atomic E-state index is 11.8. The number of aliphatic hydroxyl groups excluding tert-OH is 2. The SMILES string of the molecule is Nc1ccn([C@]2(OCP(=O)(O)O)OC[C@@H](O)[C@H]2O)c(=O)n1. The van der Waals surface area contributed by atoms with E-state index in [-0.39, 0.29) is 5.82 Å². The molecular formula is C9H14N3O8P. The normalized spacial score (nSPS) is 29.7. The van der Waals surface area contributed by atoms with E-state index in [0.717, 1.165) is 6.20 Å². The summed E-state index contributed by atoms with van der Waals surface area (Å²) in [5, 5.41) is 19.5. The van der Waals surface area contributed by atoms with Crippen molar-refractivity contribution < 1.29 is 34.0 Å². The molecule has 0 aliphatic carbocycles.